The fraction of sp³-hybridized carbons (Fsp3) is 0.200. The molecule has 3 aromatic heterocycles. The fourth-order valence-electron chi connectivity index (χ4n) is 1.82. The summed E-state index contributed by atoms with van der Waals surface area (Å²) < 4.78 is 5.37. The van der Waals surface area contributed by atoms with Crippen molar-refractivity contribution in [3.05, 3.63) is 48.4 Å². The summed E-state index contributed by atoms with van der Waals surface area (Å²) in [4.78, 5) is 13.0. The molecule has 0 atom stereocenters. The summed E-state index contributed by atoms with van der Waals surface area (Å²) in [6.07, 6.45) is 3.46. The molecule has 7 heteroatoms. The molecule has 6 nitrogen and oxygen atoms in total. The Morgan fingerprint density at radius 3 is 2.86 bits per heavy atom. The van der Waals surface area contributed by atoms with Crippen molar-refractivity contribution in [1.82, 2.24) is 25.1 Å². The van der Waals surface area contributed by atoms with E-state index in [0.29, 0.717) is 23.3 Å². The maximum atomic E-state index is 5.37. The summed E-state index contributed by atoms with van der Waals surface area (Å²) in [7, 11) is 0. The summed E-state index contributed by atoms with van der Waals surface area (Å²) in [5.41, 5.74) is 1.73. The Morgan fingerprint density at radius 1 is 1.18 bits per heavy atom. The highest BCUT2D eigenvalue weighted by Gasteiger charge is 2.07. The third-order valence-corrected chi connectivity index (χ3v) is 3.71. The smallest absolute Gasteiger partial charge is 0.209 e. The van der Waals surface area contributed by atoms with Crippen LogP contribution in [0.15, 0.2) is 47.9 Å². The van der Waals surface area contributed by atoms with Crippen LogP contribution in [-0.4, -0.2) is 31.8 Å². The number of nitrogens with zero attached hydrogens (tertiary/aromatic N) is 4. The summed E-state index contributed by atoms with van der Waals surface area (Å²) in [6, 6.07) is 9.55. The Balaban J connectivity index is 1.61. The van der Waals surface area contributed by atoms with Crippen molar-refractivity contribution in [2.45, 2.75) is 17.8 Å². The van der Waals surface area contributed by atoms with Crippen LogP contribution in [0.5, 0.6) is 5.75 Å². The second-order valence-corrected chi connectivity index (χ2v) is 5.33. The number of aromatic nitrogens is 5. The molecule has 0 aliphatic heterocycles. The number of thioether (sulfide) groups is 1. The molecular weight excluding hydrogens is 298 g/mol. The normalized spacial score (nSPS) is 10.6. The van der Waals surface area contributed by atoms with E-state index in [2.05, 4.69) is 25.1 Å². The minimum atomic E-state index is 0.642. The van der Waals surface area contributed by atoms with Crippen molar-refractivity contribution in [3.8, 4) is 17.3 Å². The SMILES string of the molecule is CCOc1ccc(CSc2n[nH]c(-c3ccccn3)n2)nc1. The molecule has 0 spiro atoms. The van der Waals surface area contributed by atoms with Gasteiger partial charge in [-0.1, -0.05) is 17.8 Å². The zero-order valence-corrected chi connectivity index (χ0v) is 12.9. The van der Waals surface area contributed by atoms with E-state index in [9.17, 15) is 0 Å². The largest absolute Gasteiger partial charge is 0.492 e. The van der Waals surface area contributed by atoms with Gasteiger partial charge < -0.3 is 4.74 Å². The van der Waals surface area contributed by atoms with Crippen LogP contribution in [0.3, 0.4) is 0 Å². The highest BCUT2D eigenvalue weighted by Crippen LogP contribution is 2.21. The molecule has 0 aromatic carbocycles. The maximum absolute atomic E-state index is 5.37. The van der Waals surface area contributed by atoms with Gasteiger partial charge in [-0.2, -0.15) is 4.98 Å². The lowest BCUT2D eigenvalue weighted by Gasteiger charge is -2.02. The highest BCUT2D eigenvalue weighted by molar-refractivity contribution is 7.98. The Kier molecular flexibility index (Phi) is 4.65. The van der Waals surface area contributed by atoms with Gasteiger partial charge in [0.25, 0.3) is 0 Å². The van der Waals surface area contributed by atoms with Crippen molar-refractivity contribution >= 4 is 11.8 Å². The Hall–Kier alpha value is -2.41. The summed E-state index contributed by atoms with van der Waals surface area (Å²) >= 11 is 1.52. The number of aromatic amines is 1. The zero-order chi connectivity index (χ0) is 15.2. The molecule has 0 fully saturated rings. The second kappa shape index (κ2) is 7.04. The third kappa shape index (κ3) is 3.62. The lowest BCUT2D eigenvalue weighted by molar-refractivity contribution is 0.338. The molecule has 1 N–H and O–H groups in total. The molecule has 0 aliphatic carbocycles. The number of hydrogen-bond donors (Lipinski definition) is 1. The number of nitrogens with one attached hydrogen (secondary N) is 1. The van der Waals surface area contributed by atoms with Crippen molar-refractivity contribution in [2.24, 2.45) is 0 Å². The quantitative estimate of drug-likeness (QED) is 0.705. The van der Waals surface area contributed by atoms with Gasteiger partial charge in [0.05, 0.1) is 18.5 Å². The van der Waals surface area contributed by atoms with E-state index in [1.165, 1.54) is 11.8 Å². The molecule has 0 bridgehead atoms. The van der Waals surface area contributed by atoms with E-state index in [0.717, 1.165) is 17.1 Å². The standard InChI is InChI=1S/C15H15N5OS/c1-2-21-12-7-6-11(17-9-12)10-22-15-18-14(19-20-15)13-5-3-4-8-16-13/h3-9H,2,10H2,1H3,(H,18,19,20). The minimum Gasteiger partial charge on any atom is -0.492 e. The predicted octanol–water partition coefficient (Wildman–Crippen LogP) is 2.95. The Morgan fingerprint density at radius 2 is 2.14 bits per heavy atom. The fourth-order valence-corrected chi connectivity index (χ4v) is 2.53. The first kappa shape index (κ1) is 14.5. The maximum Gasteiger partial charge on any atom is 0.209 e. The average Bonchev–Trinajstić information content (AvgIpc) is 3.04. The molecule has 0 aliphatic rings. The summed E-state index contributed by atoms with van der Waals surface area (Å²) in [5.74, 6) is 2.15. The molecule has 112 valence electrons. The van der Waals surface area contributed by atoms with E-state index < -0.39 is 0 Å². The molecular formula is C15H15N5OS. The molecule has 0 saturated carbocycles. The molecule has 0 saturated heterocycles. The topological polar surface area (TPSA) is 76.6 Å². The number of hydrogen-bond acceptors (Lipinski definition) is 6. The molecule has 0 amide bonds. The first-order chi connectivity index (χ1) is 10.8. The molecule has 0 radical (unpaired) electrons. The van der Waals surface area contributed by atoms with Gasteiger partial charge in [0.1, 0.15) is 11.4 Å². The second-order valence-electron chi connectivity index (χ2n) is 4.39. The number of H-pyrrole nitrogens is 1. The molecule has 3 rings (SSSR count). The number of rotatable bonds is 6. The van der Waals surface area contributed by atoms with Crippen LogP contribution in [-0.2, 0) is 5.75 Å². The molecule has 3 heterocycles. The van der Waals surface area contributed by atoms with Crippen LogP contribution in [0.25, 0.3) is 11.5 Å². The number of ether oxygens (including phenoxy) is 1. The highest BCUT2D eigenvalue weighted by atomic mass is 32.2. The Labute approximate surface area is 132 Å². The first-order valence-corrected chi connectivity index (χ1v) is 7.88. The van der Waals surface area contributed by atoms with Crippen molar-refractivity contribution in [1.29, 1.82) is 0 Å². The minimum absolute atomic E-state index is 0.642. The van der Waals surface area contributed by atoms with Crippen molar-refractivity contribution in [3.63, 3.8) is 0 Å². The van der Waals surface area contributed by atoms with Crippen molar-refractivity contribution in [2.75, 3.05) is 6.61 Å². The predicted molar refractivity (Wildman–Crippen MR) is 84.6 cm³/mol. The molecule has 0 unspecified atom stereocenters. The number of pyridine rings is 2. The molecule has 22 heavy (non-hydrogen) atoms. The third-order valence-electron chi connectivity index (χ3n) is 2.83. The van der Waals surface area contributed by atoms with Crippen LogP contribution in [0, 0.1) is 0 Å². The van der Waals surface area contributed by atoms with Crippen LogP contribution < -0.4 is 4.74 Å². The Bertz CT molecular complexity index is 714. The van der Waals surface area contributed by atoms with E-state index in [-0.39, 0.29) is 0 Å². The van der Waals surface area contributed by atoms with Gasteiger partial charge in [-0.05, 0) is 31.2 Å². The molecule has 3 aromatic rings. The van der Waals surface area contributed by atoms with E-state index in [1.54, 1.807) is 12.4 Å². The van der Waals surface area contributed by atoms with Gasteiger partial charge in [-0.15, -0.1) is 5.10 Å². The van der Waals surface area contributed by atoms with E-state index in [4.69, 9.17) is 4.74 Å². The van der Waals surface area contributed by atoms with Gasteiger partial charge in [-0.3, -0.25) is 15.1 Å². The lowest BCUT2D eigenvalue weighted by Crippen LogP contribution is -1.93. The van der Waals surface area contributed by atoms with Crippen LogP contribution in [0.1, 0.15) is 12.6 Å². The lowest BCUT2D eigenvalue weighted by atomic mass is 10.3. The van der Waals surface area contributed by atoms with Gasteiger partial charge in [-0.25, -0.2) is 0 Å². The average molecular weight is 313 g/mol. The van der Waals surface area contributed by atoms with Gasteiger partial charge in [0.15, 0.2) is 5.82 Å². The van der Waals surface area contributed by atoms with Gasteiger partial charge in [0.2, 0.25) is 5.16 Å². The van der Waals surface area contributed by atoms with E-state index >= 15 is 0 Å². The van der Waals surface area contributed by atoms with E-state index in [1.807, 2.05) is 37.3 Å². The monoisotopic (exact) mass is 313 g/mol. The first-order valence-electron chi connectivity index (χ1n) is 6.89. The van der Waals surface area contributed by atoms with Crippen LogP contribution in [0.4, 0.5) is 0 Å². The summed E-state index contributed by atoms with van der Waals surface area (Å²) in [5, 5.41) is 7.77. The zero-order valence-electron chi connectivity index (χ0n) is 12.1. The van der Waals surface area contributed by atoms with Crippen LogP contribution in [0.2, 0.25) is 0 Å². The summed E-state index contributed by atoms with van der Waals surface area (Å²) in [6.45, 7) is 2.59. The van der Waals surface area contributed by atoms with Crippen LogP contribution >= 0.6 is 11.8 Å². The van der Waals surface area contributed by atoms with Gasteiger partial charge >= 0.3 is 0 Å². The van der Waals surface area contributed by atoms with Gasteiger partial charge in [0, 0.05) is 11.9 Å². The van der Waals surface area contributed by atoms with Crippen molar-refractivity contribution < 1.29 is 4.74 Å².